The van der Waals surface area contributed by atoms with Crippen molar-refractivity contribution < 1.29 is 14.7 Å². The van der Waals surface area contributed by atoms with Crippen molar-refractivity contribution in [1.29, 1.82) is 0 Å². The molecular weight excluding hydrogens is 232 g/mol. The molecule has 2 atom stereocenters. The highest BCUT2D eigenvalue weighted by Gasteiger charge is 2.21. The van der Waals surface area contributed by atoms with E-state index in [1.165, 1.54) is 0 Å². The number of aliphatic carboxylic acids is 1. The number of hydrogen-bond donors (Lipinski definition) is 2. The molecule has 0 aromatic heterocycles. The third kappa shape index (κ3) is 5.49. The zero-order valence-electron chi connectivity index (χ0n) is 11.3. The van der Waals surface area contributed by atoms with E-state index in [0.717, 1.165) is 32.6 Å². The van der Waals surface area contributed by atoms with Crippen molar-refractivity contribution in [1.82, 2.24) is 10.2 Å². The SMILES string of the molecule is CCN1CCC(CNC(=O)CC(C)CC(=O)O)C1. The molecule has 0 spiro atoms. The fourth-order valence-electron chi connectivity index (χ4n) is 2.38. The summed E-state index contributed by atoms with van der Waals surface area (Å²) in [7, 11) is 0. The monoisotopic (exact) mass is 256 g/mol. The van der Waals surface area contributed by atoms with E-state index < -0.39 is 5.97 Å². The van der Waals surface area contributed by atoms with Gasteiger partial charge >= 0.3 is 5.97 Å². The lowest BCUT2D eigenvalue weighted by Crippen LogP contribution is -2.32. The Labute approximate surface area is 109 Å². The number of carbonyl (C=O) groups excluding carboxylic acids is 1. The maximum absolute atomic E-state index is 11.6. The Hall–Kier alpha value is -1.10. The van der Waals surface area contributed by atoms with Crippen LogP contribution in [0.2, 0.25) is 0 Å². The van der Waals surface area contributed by atoms with Gasteiger partial charge in [0.2, 0.25) is 5.91 Å². The number of hydrogen-bond acceptors (Lipinski definition) is 3. The number of nitrogens with zero attached hydrogens (tertiary/aromatic N) is 1. The molecule has 2 unspecified atom stereocenters. The van der Waals surface area contributed by atoms with Gasteiger partial charge in [0.15, 0.2) is 0 Å². The molecular formula is C13H24N2O3. The number of carbonyl (C=O) groups is 2. The first-order valence-corrected chi connectivity index (χ1v) is 6.72. The minimum Gasteiger partial charge on any atom is -0.481 e. The van der Waals surface area contributed by atoms with E-state index in [-0.39, 0.29) is 18.2 Å². The first kappa shape index (κ1) is 15.0. The van der Waals surface area contributed by atoms with Gasteiger partial charge < -0.3 is 15.3 Å². The Morgan fingerprint density at radius 2 is 2.17 bits per heavy atom. The lowest BCUT2D eigenvalue weighted by molar-refractivity contribution is -0.138. The van der Waals surface area contributed by atoms with Crippen molar-refractivity contribution in [3.63, 3.8) is 0 Å². The van der Waals surface area contributed by atoms with Crippen LogP contribution in [0.4, 0.5) is 0 Å². The van der Waals surface area contributed by atoms with Crippen LogP contribution in [0.3, 0.4) is 0 Å². The van der Waals surface area contributed by atoms with Crippen LogP contribution in [0, 0.1) is 11.8 Å². The van der Waals surface area contributed by atoms with Gasteiger partial charge in [-0.2, -0.15) is 0 Å². The van der Waals surface area contributed by atoms with Crippen LogP contribution >= 0.6 is 0 Å². The second kappa shape index (κ2) is 7.36. The second-order valence-corrected chi connectivity index (χ2v) is 5.26. The lowest BCUT2D eigenvalue weighted by Gasteiger charge is -2.14. The molecule has 104 valence electrons. The molecule has 1 aliphatic rings. The molecule has 0 radical (unpaired) electrons. The average Bonchev–Trinajstić information content (AvgIpc) is 2.72. The van der Waals surface area contributed by atoms with Gasteiger partial charge in [0.05, 0.1) is 0 Å². The van der Waals surface area contributed by atoms with Crippen LogP contribution < -0.4 is 5.32 Å². The summed E-state index contributed by atoms with van der Waals surface area (Å²) in [5.41, 5.74) is 0. The van der Waals surface area contributed by atoms with E-state index in [1.807, 2.05) is 0 Å². The largest absolute Gasteiger partial charge is 0.481 e. The number of likely N-dealkylation sites (tertiary alicyclic amines) is 1. The normalized spacial score (nSPS) is 21.8. The molecule has 5 heteroatoms. The van der Waals surface area contributed by atoms with Gasteiger partial charge in [-0.1, -0.05) is 13.8 Å². The number of rotatable bonds is 7. The van der Waals surface area contributed by atoms with Gasteiger partial charge in [-0.3, -0.25) is 9.59 Å². The van der Waals surface area contributed by atoms with E-state index in [9.17, 15) is 9.59 Å². The highest BCUT2D eigenvalue weighted by molar-refractivity contribution is 5.77. The quantitative estimate of drug-likeness (QED) is 0.711. The lowest BCUT2D eigenvalue weighted by atomic mass is 10.0. The van der Waals surface area contributed by atoms with E-state index in [0.29, 0.717) is 12.3 Å². The van der Waals surface area contributed by atoms with Crippen LogP contribution in [-0.4, -0.2) is 48.1 Å². The van der Waals surface area contributed by atoms with Crippen LogP contribution in [0.25, 0.3) is 0 Å². The third-order valence-corrected chi connectivity index (χ3v) is 3.46. The van der Waals surface area contributed by atoms with Crippen molar-refractivity contribution >= 4 is 11.9 Å². The highest BCUT2D eigenvalue weighted by Crippen LogP contribution is 2.14. The summed E-state index contributed by atoms with van der Waals surface area (Å²) < 4.78 is 0. The van der Waals surface area contributed by atoms with Crippen molar-refractivity contribution in [3.8, 4) is 0 Å². The Morgan fingerprint density at radius 3 is 2.72 bits per heavy atom. The van der Waals surface area contributed by atoms with Gasteiger partial charge in [0, 0.05) is 25.9 Å². The summed E-state index contributed by atoms with van der Waals surface area (Å²) in [6.07, 6.45) is 1.50. The van der Waals surface area contributed by atoms with E-state index in [2.05, 4.69) is 17.1 Å². The Morgan fingerprint density at radius 1 is 1.44 bits per heavy atom. The fraction of sp³-hybridized carbons (Fsp3) is 0.846. The maximum Gasteiger partial charge on any atom is 0.303 e. The molecule has 0 aliphatic carbocycles. The van der Waals surface area contributed by atoms with Crippen LogP contribution in [-0.2, 0) is 9.59 Å². The highest BCUT2D eigenvalue weighted by atomic mass is 16.4. The summed E-state index contributed by atoms with van der Waals surface area (Å²) in [5, 5.41) is 11.5. The molecule has 1 aliphatic heterocycles. The third-order valence-electron chi connectivity index (χ3n) is 3.46. The molecule has 5 nitrogen and oxygen atoms in total. The summed E-state index contributed by atoms with van der Waals surface area (Å²) >= 11 is 0. The topological polar surface area (TPSA) is 69.6 Å². The number of amides is 1. The molecule has 1 heterocycles. The van der Waals surface area contributed by atoms with Crippen LogP contribution in [0.1, 0.15) is 33.1 Å². The maximum atomic E-state index is 11.6. The fourth-order valence-corrected chi connectivity index (χ4v) is 2.38. The first-order valence-electron chi connectivity index (χ1n) is 6.72. The Kier molecular flexibility index (Phi) is 6.12. The number of carboxylic acids is 1. The predicted octanol–water partition coefficient (Wildman–Crippen LogP) is 0.945. The zero-order chi connectivity index (χ0) is 13.5. The van der Waals surface area contributed by atoms with Gasteiger partial charge in [-0.25, -0.2) is 0 Å². The second-order valence-electron chi connectivity index (χ2n) is 5.26. The summed E-state index contributed by atoms with van der Waals surface area (Å²) in [6.45, 7) is 7.90. The Balaban J connectivity index is 2.15. The van der Waals surface area contributed by atoms with Crippen molar-refractivity contribution in [2.75, 3.05) is 26.2 Å². The molecule has 1 saturated heterocycles. The number of carboxylic acid groups (broad SMARTS) is 1. The van der Waals surface area contributed by atoms with E-state index in [4.69, 9.17) is 5.11 Å². The van der Waals surface area contributed by atoms with Gasteiger partial charge in [0.25, 0.3) is 0 Å². The molecule has 0 saturated carbocycles. The van der Waals surface area contributed by atoms with Gasteiger partial charge in [0.1, 0.15) is 0 Å². The minimum absolute atomic E-state index is 0.0290. The zero-order valence-corrected chi connectivity index (χ0v) is 11.3. The molecule has 1 fully saturated rings. The molecule has 1 amide bonds. The summed E-state index contributed by atoms with van der Waals surface area (Å²) in [6, 6.07) is 0. The minimum atomic E-state index is -0.843. The van der Waals surface area contributed by atoms with Gasteiger partial charge in [-0.15, -0.1) is 0 Å². The molecule has 0 bridgehead atoms. The molecule has 0 aromatic rings. The molecule has 18 heavy (non-hydrogen) atoms. The average molecular weight is 256 g/mol. The molecule has 0 aromatic carbocycles. The predicted molar refractivity (Wildman–Crippen MR) is 69.3 cm³/mol. The molecule has 1 rings (SSSR count). The standard InChI is InChI=1S/C13H24N2O3/c1-3-15-5-4-11(9-15)8-14-12(16)6-10(2)7-13(17)18/h10-11H,3-9H2,1-2H3,(H,14,16)(H,17,18). The summed E-state index contributed by atoms with van der Waals surface area (Å²) in [5.74, 6) is -0.426. The van der Waals surface area contributed by atoms with Crippen molar-refractivity contribution in [2.24, 2.45) is 11.8 Å². The first-order chi connectivity index (χ1) is 8.51. The van der Waals surface area contributed by atoms with Crippen LogP contribution in [0.5, 0.6) is 0 Å². The smallest absolute Gasteiger partial charge is 0.303 e. The summed E-state index contributed by atoms with van der Waals surface area (Å²) in [4.78, 5) is 24.5. The van der Waals surface area contributed by atoms with E-state index in [1.54, 1.807) is 6.92 Å². The van der Waals surface area contributed by atoms with Crippen molar-refractivity contribution in [2.45, 2.75) is 33.1 Å². The number of nitrogens with one attached hydrogen (secondary N) is 1. The molecule has 2 N–H and O–H groups in total. The van der Waals surface area contributed by atoms with Gasteiger partial charge in [-0.05, 0) is 31.3 Å². The Bertz CT molecular complexity index is 294. The van der Waals surface area contributed by atoms with E-state index >= 15 is 0 Å². The van der Waals surface area contributed by atoms with Crippen molar-refractivity contribution in [3.05, 3.63) is 0 Å². The van der Waals surface area contributed by atoms with Crippen LogP contribution in [0.15, 0.2) is 0 Å².